The fourth-order valence-electron chi connectivity index (χ4n) is 2.85. The largest absolute Gasteiger partial charge is 0.340 e. The van der Waals surface area contributed by atoms with E-state index < -0.39 is 10.0 Å². The Morgan fingerprint density at radius 3 is 2.19 bits per heavy atom. The predicted octanol–water partition coefficient (Wildman–Crippen LogP) is 5.60. The van der Waals surface area contributed by atoms with Gasteiger partial charge in [-0.1, -0.05) is 0 Å². The summed E-state index contributed by atoms with van der Waals surface area (Å²) in [6, 6.07) is 15.8. The molecular weight excluding hydrogens is 512 g/mol. The summed E-state index contributed by atoms with van der Waals surface area (Å²) < 4.78 is 28.5. The number of rotatable bonds is 7. The van der Waals surface area contributed by atoms with Gasteiger partial charge in [0.05, 0.1) is 3.79 Å². The van der Waals surface area contributed by atoms with Gasteiger partial charge in [0.1, 0.15) is 27.5 Å². The molecule has 4 rings (SSSR count). The lowest BCUT2D eigenvalue weighted by Crippen LogP contribution is -2.11. The Labute approximate surface area is 198 Å². The molecule has 3 N–H and O–H groups in total. The van der Waals surface area contributed by atoms with E-state index in [1.54, 1.807) is 55.6 Å². The number of nitrogens with one attached hydrogen (secondary N) is 3. The third-order valence-corrected chi connectivity index (χ3v) is 7.73. The van der Waals surface area contributed by atoms with Crippen molar-refractivity contribution in [2.24, 2.45) is 0 Å². The van der Waals surface area contributed by atoms with Crippen molar-refractivity contribution >= 4 is 66.1 Å². The number of aromatic nitrogens is 3. The summed E-state index contributed by atoms with van der Waals surface area (Å²) >= 11 is 4.43. The van der Waals surface area contributed by atoms with Crippen molar-refractivity contribution < 1.29 is 8.42 Å². The summed E-state index contributed by atoms with van der Waals surface area (Å²) in [6.45, 7) is 3.80. The molecule has 0 aliphatic carbocycles. The second-order valence-corrected chi connectivity index (χ2v) is 11.3. The first-order valence-corrected chi connectivity index (χ1v) is 12.6. The van der Waals surface area contributed by atoms with Gasteiger partial charge in [0.2, 0.25) is 0 Å². The van der Waals surface area contributed by atoms with Crippen molar-refractivity contribution in [2.75, 3.05) is 15.4 Å². The number of halogens is 1. The Kier molecular flexibility index (Phi) is 6.40. The number of thiophene rings is 1. The van der Waals surface area contributed by atoms with E-state index in [4.69, 9.17) is 0 Å². The van der Waals surface area contributed by atoms with Gasteiger partial charge in [-0.25, -0.2) is 23.4 Å². The van der Waals surface area contributed by atoms with Crippen molar-refractivity contribution in [3.05, 3.63) is 76.0 Å². The molecule has 0 amide bonds. The van der Waals surface area contributed by atoms with Gasteiger partial charge < -0.3 is 10.6 Å². The van der Waals surface area contributed by atoms with Crippen LogP contribution in [0.5, 0.6) is 0 Å². The molecule has 0 bridgehead atoms. The summed E-state index contributed by atoms with van der Waals surface area (Å²) in [5.74, 6) is 2.51. The minimum atomic E-state index is -3.63. The van der Waals surface area contributed by atoms with Crippen molar-refractivity contribution in [2.45, 2.75) is 18.1 Å². The Balaban J connectivity index is 1.47. The van der Waals surface area contributed by atoms with Crippen molar-refractivity contribution in [3.8, 4) is 0 Å². The fourth-order valence-corrected chi connectivity index (χ4v) is 5.92. The number of nitrogens with zero attached hydrogens (tertiary/aromatic N) is 3. The number of benzene rings is 1. The standard InChI is InChI=1S/C21H19BrN6O2S2/c1-13-9-10-23-18(11-13)27-20-12-19(24-14(2)25-20)26-15-3-5-16(6-4-15)28-32(29,30)21-8-7-17(22)31-21/h3-12,28H,1-2H3,(H2,23,24,25,26,27). The van der Waals surface area contributed by atoms with Gasteiger partial charge in [-0.15, -0.1) is 11.3 Å². The number of sulfonamides is 1. The van der Waals surface area contributed by atoms with E-state index in [9.17, 15) is 8.42 Å². The molecule has 164 valence electrons. The Hall–Kier alpha value is -3.02. The van der Waals surface area contributed by atoms with Crippen molar-refractivity contribution in [3.63, 3.8) is 0 Å². The molecule has 0 saturated heterocycles. The van der Waals surface area contributed by atoms with Crippen LogP contribution < -0.4 is 15.4 Å². The van der Waals surface area contributed by atoms with Gasteiger partial charge in [-0.2, -0.15) is 0 Å². The van der Waals surface area contributed by atoms with Gasteiger partial charge in [0.15, 0.2) is 0 Å². The average Bonchev–Trinajstić information content (AvgIpc) is 3.16. The highest BCUT2D eigenvalue weighted by Gasteiger charge is 2.16. The van der Waals surface area contributed by atoms with Crippen LogP contribution in [0, 0.1) is 13.8 Å². The van der Waals surface area contributed by atoms with Gasteiger partial charge >= 0.3 is 0 Å². The van der Waals surface area contributed by atoms with Crippen LogP contribution in [0.4, 0.5) is 28.8 Å². The second kappa shape index (κ2) is 9.23. The molecule has 0 radical (unpaired) electrons. The smallest absolute Gasteiger partial charge is 0.271 e. The quantitative estimate of drug-likeness (QED) is 0.285. The molecule has 8 nitrogen and oxygen atoms in total. The summed E-state index contributed by atoms with van der Waals surface area (Å²) in [5, 5.41) is 6.40. The first-order valence-electron chi connectivity index (χ1n) is 9.47. The second-order valence-electron chi connectivity index (χ2n) is 6.90. The van der Waals surface area contributed by atoms with Crippen molar-refractivity contribution in [1.29, 1.82) is 0 Å². The molecule has 0 fully saturated rings. The molecule has 0 saturated carbocycles. The van der Waals surface area contributed by atoms with Crippen LogP contribution in [0.25, 0.3) is 0 Å². The molecular formula is C21H19BrN6O2S2. The van der Waals surface area contributed by atoms with Gasteiger partial charge in [0.25, 0.3) is 10.0 Å². The summed E-state index contributed by atoms with van der Waals surface area (Å²) in [5.41, 5.74) is 2.31. The SMILES string of the molecule is Cc1ccnc(Nc2cc(Nc3ccc(NS(=O)(=O)c4ccc(Br)s4)cc3)nc(C)n2)c1. The van der Waals surface area contributed by atoms with Crippen LogP contribution >= 0.6 is 27.3 Å². The van der Waals surface area contributed by atoms with Gasteiger partial charge in [0, 0.05) is 23.6 Å². The van der Waals surface area contributed by atoms with E-state index in [2.05, 4.69) is 46.2 Å². The number of aryl methyl sites for hydroxylation is 2. The van der Waals surface area contributed by atoms with Gasteiger partial charge in [-0.05, 0) is 83.9 Å². The zero-order valence-electron chi connectivity index (χ0n) is 17.1. The van der Waals surface area contributed by atoms with E-state index in [-0.39, 0.29) is 4.21 Å². The molecule has 0 unspecified atom stereocenters. The highest BCUT2D eigenvalue weighted by atomic mass is 79.9. The number of pyridine rings is 1. The zero-order chi connectivity index (χ0) is 22.7. The number of hydrogen-bond donors (Lipinski definition) is 3. The maximum Gasteiger partial charge on any atom is 0.271 e. The maximum atomic E-state index is 12.5. The third-order valence-electron chi connectivity index (χ3n) is 4.23. The van der Waals surface area contributed by atoms with E-state index in [0.29, 0.717) is 29.0 Å². The molecule has 0 aliphatic heterocycles. The highest BCUT2D eigenvalue weighted by Crippen LogP contribution is 2.28. The highest BCUT2D eigenvalue weighted by molar-refractivity contribution is 9.11. The van der Waals surface area contributed by atoms with Crippen LogP contribution in [0.15, 0.2) is 68.8 Å². The Morgan fingerprint density at radius 1 is 0.844 bits per heavy atom. The molecule has 0 spiro atoms. The number of anilines is 5. The third kappa shape index (κ3) is 5.61. The first kappa shape index (κ1) is 22.2. The maximum absolute atomic E-state index is 12.5. The number of hydrogen-bond acceptors (Lipinski definition) is 8. The van der Waals surface area contributed by atoms with Crippen LogP contribution in [0.3, 0.4) is 0 Å². The Morgan fingerprint density at radius 2 is 1.53 bits per heavy atom. The summed E-state index contributed by atoms with van der Waals surface area (Å²) in [6.07, 6.45) is 1.73. The van der Waals surface area contributed by atoms with Crippen LogP contribution in [0.1, 0.15) is 11.4 Å². The van der Waals surface area contributed by atoms with E-state index >= 15 is 0 Å². The molecule has 1 aromatic carbocycles. The van der Waals surface area contributed by atoms with Gasteiger partial charge in [-0.3, -0.25) is 4.72 Å². The van der Waals surface area contributed by atoms with Crippen LogP contribution in [-0.4, -0.2) is 23.4 Å². The van der Waals surface area contributed by atoms with E-state index in [1.807, 2.05) is 19.1 Å². The molecule has 0 atom stereocenters. The zero-order valence-corrected chi connectivity index (χ0v) is 20.3. The topological polar surface area (TPSA) is 109 Å². The fraction of sp³-hybridized carbons (Fsp3) is 0.0952. The summed E-state index contributed by atoms with van der Waals surface area (Å²) in [4.78, 5) is 13.1. The lowest BCUT2D eigenvalue weighted by Gasteiger charge is -2.11. The minimum absolute atomic E-state index is 0.242. The predicted molar refractivity (Wildman–Crippen MR) is 132 cm³/mol. The van der Waals surface area contributed by atoms with Crippen molar-refractivity contribution in [1.82, 2.24) is 15.0 Å². The normalized spacial score (nSPS) is 11.2. The minimum Gasteiger partial charge on any atom is -0.340 e. The van der Waals surface area contributed by atoms with E-state index in [1.165, 1.54) is 0 Å². The molecule has 0 aliphatic rings. The van der Waals surface area contributed by atoms with E-state index in [0.717, 1.165) is 26.4 Å². The summed E-state index contributed by atoms with van der Waals surface area (Å²) in [7, 11) is -3.63. The monoisotopic (exact) mass is 530 g/mol. The molecule has 11 heteroatoms. The lowest BCUT2D eigenvalue weighted by atomic mass is 10.3. The molecule has 32 heavy (non-hydrogen) atoms. The Bertz CT molecular complexity index is 1360. The first-order chi connectivity index (χ1) is 15.3. The molecule has 3 heterocycles. The molecule has 3 aromatic heterocycles. The lowest BCUT2D eigenvalue weighted by molar-refractivity contribution is 0.603. The van der Waals surface area contributed by atoms with Crippen LogP contribution in [0.2, 0.25) is 0 Å². The molecule has 4 aromatic rings. The van der Waals surface area contributed by atoms with Crippen LogP contribution in [-0.2, 0) is 10.0 Å². The average molecular weight is 531 g/mol.